The molecule has 0 amide bonds. The van der Waals surface area contributed by atoms with Gasteiger partial charge in [0.05, 0.1) is 12.8 Å². The van der Waals surface area contributed by atoms with E-state index in [4.69, 9.17) is 9.72 Å². The van der Waals surface area contributed by atoms with Crippen LogP contribution in [0.4, 0.5) is 0 Å². The molecule has 4 rings (SSSR count). The molecule has 0 saturated carbocycles. The minimum Gasteiger partial charge on any atom is -0.468 e. The summed E-state index contributed by atoms with van der Waals surface area (Å²) in [4.78, 5) is 12.4. The summed E-state index contributed by atoms with van der Waals surface area (Å²) in [6, 6.07) is 20.4. The summed E-state index contributed by atoms with van der Waals surface area (Å²) < 4.78 is 7.28. The van der Waals surface area contributed by atoms with Crippen molar-refractivity contribution in [3.8, 4) is 23.1 Å². The molecule has 0 aliphatic rings. The molecule has 0 radical (unpaired) electrons. The first-order valence-electron chi connectivity index (χ1n) is 7.00. The first kappa shape index (κ1) is 12.6. The van der Waals surface area contributed by atoms with Crippen LogP contribution < -0.4 is 4.74 Å². The Morgan fingerprint density at radius 2 is 1.59 bits per heavy atom. The third-order valence-electron chi connectivity index (χ3n) is 3.52. The smallest absolute Gasteiger partial charge is 0.304 e. The largest absolute Gasteiger partial charge is 0.468 e. The van der Waals surface area contributed by atoms with Crippen molar-refractivity contribution in [3.05, 3.63) is 60.7 Å². The Morgan fingerprint density at radius 3 is 2.27 bits per heavy atom. The van der Waals surface area contributed by atoms with Crippen molar-refractivity contribution < 1.29 is 4.74 Å². The highest BCUT2D eigenvalue weighted by atomic mass is 16.5. The summed E-state index contributed by atoms with van der Waals surface area (Å²) in [5.41, 5.74) is 3.45. The number of aromatic nitrogens is 4. The molecule has 2 heterocycles. The van der Waals surface area contributed by atoms with Crippen molar-refractivity contribution in [2.45, 2.75) is 0 Å². The molecule has 0 fully saturated rings. The molecule has 0 unspecified atom stereocenters. The third kappa shape index (κ3) is 1.95. The van der Waals surface area contributed by atoms with Crippen molar-refractivity contribution in [2.75, 3.05) is 7.11 Å². The average Bonchev–Trinajstić information content (AvgIpc) is 3.13. The van der Waals surface area contributed by atoms with Crippen LogP contribution in [0.25, 0.3) is 28.4 Å². The minimum absolute atomic E-state index is 0.513. The zero-order valence-electron chi connectivity index (χ0n) is 12.0. The number of rotatable bonds is 3. The Morgan fingerprint density at radius 1 is 0.909 bits per heavy atom. The minimum atomic E-state index is 0.513. The van der Waals surface area contributed by atoms with Gasteiger partial charge in [-0.05, 0) is 12.1 Å². The second-order valence-electron chi connectivity index (χ2n) is 4.89. The number of methoxy groups -OCH3 is 1. The van der Waals surface area contributed by atoms with Gasteiger partial charge in [0, 0.05) is 5.56 Å². The highest BCUT2D eigenvalue weighted by Gasteiger charge is 2.17. The average molecular weight is 290 g/mol. The summed E-state index contributed by atoms with van der Waals surface area (Å²) in [7, 11) is 1.61. The monoisotopic (exact) mass is 290 g/mol. The molecular formula is C17H14N4O. The van der Waals surface area contributed by atoms with E-state index in [1.54, 1.807) is 7.11 Å². The van der Waals surface area contributed by atoms with E-state index in [1.165, 1.54) is 0 Å². The number of hydrogen-bond acceptors (Lipinski definition) is 3. The van der Waals surface area contributed by atoms with Gasteiger partial charge in [0.25, 0.3) is 0 Å². The molecule has 5 nitrogen and oxygen atoms in total. The number of nitrogens with one attached hydrogen (secondary N) is 1. The van der Waals surface area contributed by atoms with Gasteiger partial charge in [-0.15, -0.1) is 0 Å². The maximum atomic E-state index is 5.38. The van der Waals surface area contributed by atoms with Crippen LogP contribution in [0.1, 0.15) is 0 Å². The van der Waals surface area contributed by atoms with Gasteiger partial charge in [0.1, 0.15) is 5.82 Å². The third-order valence-corrected chi connectivity index (χ3v) is 3.52. The van der Waals surface area contributed by atoms with Crippen molar-refractivity contribution in [1.29, 1.82) is 0 Å². The molecule has 0 aliphatic carbocycles. The van der Waals surface area contributed by atoms with Gasteiger partial charge in [-0.2, -0.15) is 4.98 Å². The van der Waals surface area contributed by atoms with Gasteiger partial charge in [0.15, 0.2) is 11.3 Å². The lowest BCUT2D eigenvalue weighted by molar-refractivity contribution is 0.375. The lowest BCUT2D eigenvalue weighted by Crippen LogP contribution is -1.99. The Bertz CT molecular complexity index is 910. The molecule has 108 valence electrons. The molecule has 1 N–H and O–H groups in total. The molecule has 0 saturated heterocycles. The van der Waals surface area contributed by atoms with Crippen LogP contribution in [0.15, 0.2) is 60.7 Å². The number of aromatic amines is 1. The SMILES string of the molecule is COc1nc2[nH]c(-c3ccccc3)nc2n1-c1ccccc1. The first-order valence-corrected chi connectivity index (χ1v) is 7.00. The Kier molecular flexibility index (Phi) is 2.89. The summed E-state index contributed by atoms with van der Waals surface area (Å²) in [5, 5.41) is 0. The van der Waals surface area contributed by atoms with Crippen molar-refractivity contribution in [3.63, 3.8) is 0 Å². The van der Waals surface area contributed by atoms with E-state index in [0.717, 1.165) is 22.7 Å². The zero-order chi connectivity index (χ0) is 14.9. The molecule has 2 aromatic carbocycles. The van der Waals surface area contributed by atoms with Gasteiger partial charge in [0.2, 0.25) is 0 Å². The van der Waals surface area contributed by atoms with E-state index in [9.17, 15) is 0 Å². The van der Waals surface area contributed by atoms with E-state index in [0.29, 0.717) is 11.7 Å². The number of para-hydroxylation sites is 1. The molecule has 5 heteroatoms. The topological polar surface area (TPSA) is 55.7 Å². The summed E-state index contributed by atoms with van der Waals surface area (Å²) >= 11 is 0. The van der Waals surface area contributed by atoms with Crippen LogP contribution >= 0.6 is 0 Å². The summed E-state index contributed by atoms with van der Waals surface area (Å²) in [6.45, 7) is 0. The molecule has 0 aliphatic heterocycles. The number of nitrogens with zero attached hydrogens (tertiary/aromatic N) is 3. The number of hydrogen-bond donors (Lipinski definition) is 1. The van der Waals surface area contributed by atoms with E-state index in [1.807, 2.05) is 65.2 Å². The number of benzene rings is 2. The normalized spacial score (nSPS) is 11.0. The Hall–Kier alpha value is -3.08. The van der Waals surface area contributed by atoms with Gasteiger partial charge in [-0.3, -0.25) is 0 Å². The fourth-order valence-corrected chi connectivity index (χ4v) is 2.50. The molecule has 4 aromatic rings. The van der Waals surface area contributed by atoms with Crippen LogP contribution in [0.5, 0.6) is 6.01 Å². The highest BCUT2D eigenvalue weighted by molar-refractivity contribution is 5.76. The van der Waals surface area contributed by atoms with Gasteiger partial charge in [-0.25, -0.2) is 9.55 Å². The van der Waals surface area contributed by atoms with Gasteiger partial charge in [-0.1, -0.05) is 48.5 Å². The quantitative estimate of drug-likeness (QED) is 0.629. The van der Waals surface area contributed by atoms with Gasteiger partial charge < -0.3 is 9.72 Å². The van der Waals surface area contributed by atoms with Crippen LogP contribution in [-0.2, 0) is 0 Å². The number of fused-ring (bicyclic) bond motifs is 1. The molecule has 2 aromatic heterocycles. The predicted octanol–water partition coefficient (Wildman–Crippen LogP) is 3.42. The van der Waals surface area contributed by atoms with Crippen LogP contribution in [0.3, 0.4) is 0 Å². The number of H-pyrrole nitrogens is 1. The molecule has 0 atom stereocenters. The molecular weight excluding hydrogens is 276 g/mol. The lowest BCUT2D eigenvalue weighted by atomic mass is 10.2. The Labute approximate surface area is 127 Å². The van der Waals surface area contributed by atoms with E-state index in [2.05, 4.69) is 9.97 Å². The summed E-state index contributed by atoms with van der Waals surface area (Å²) in [6.07, 6.45) is 0. The van der Waals surface area contributed by atoms with Crippen LogP contribution in [0, 0.1) is 0 Å². The van der Waals surface area contributed by atoms with Crippen molar-refractivity contribution in [2.24, 2.45) is 0 Å². The van der Waals surface area contributed by atoms with Crippen LogP contribution in [0.2, 0.25) is 0 Å². The van der Waals surface area contributed by atoms with Crippen molar-refractivity contribution >= 4 is 11.3 Å². The summed E-state index contributed by atoms with van der Waals surface area (Å²) in [5.74, 6) is 0.797. The standard InChI is InChI=1S/C17H14N4O/c1-22-17-20-15-16(21(17)13-10-6-3-7-11-13)19-14(18-15)12-8-4-2-5-9-12/h2-11H,1H3,(H,18,19). The first-order chi connectivity index (χ1) is 10.9. The second-order valence-corrected chi connectivity index (χ2v) is 4.89. The van der Waals surface area contributed by atoms with E-state index in [-0.39, 0.29) is 0 Å². The predicted molar refractivity (Wildman–Crippen MR) is 85.2 cm³/mol. The highest BCUT2D eigenvalue weighted by Crippen LogP contribution is 2.27. The number of imidazole rings is 2. The fourth-order valence-electron chi connectivity index (χ4n) is 2.50. The number of ether oxygens (including phenoxy) is 1. The fraction of sp³-hybridized carbons (Fsp3) is 0.0588. The Balaban J connectivity index is 1.93. The van der Waals surface area contributed by atoms with Gasteiger partial charge >= 0.3 is 6.01 Å². The van der Waals surface area contributed by atoms with Crippen molar-refractivity contribution in [1.82, 2.24) is 19.5 Å². The van der Waals surface area contributed by atoms with Crippen LogP contribution in [-0.4, -0.2) is 26.6 Å². The zero-order valence-corrected chi connectivity index (χ0v) is 12.0. The second kappa shape index (κ2) is 5.04. The van der Waals surface area contributed by atoms with E-state index < -0.39 is 0 Å². The molecule has 0 bridgehead atoms. The van der Waals surface area contributed by atoms with E-state index >= 15 is 0 Å². The molecule has 0 spiro atoms. The molecule has 22 heavy (non-hydrogen) atoms. The lowest BCUT2D eigenvalue weighted by Gasteiger charge is -2.06. The maximum absolute atomic E-state index is 5.38. The maximum Gasteiger partial charge on any atom is 0.304 e.